The van der Waals surface area contributed by atoms with E-state index in [0.717, 1.165) is 5.57 Å². The molecule has 1 unspecified atom stereocenters. The monoisotopic (exact) mass is 390 g/mol. The predicted molar refractivity (Wildman–Crippen MR) is 87.7 cm³/mol. The fourth-order valence-corrected chi connectivity index (χ4v) is 4.24. The number of β-lactam (4-membered cyclic amide) rings is 1. The number of esters is 1. The molecule has 118 valence electrons. The molecule has 2 rings (SSSR count). The smallest absolute Gasteiger partial charge is 0.355 e. The van der Waals surface area contributed by atoms with Gasteiger partial charge in [-0.2, -0.15) is 11.8 Å². The molecule has 0 aromatic heterocycles. The fraction of sp³-hybridized carbons (Fsp3) is 0.636. The topological polar surface area (TPSA) is 72.6 Å². The Morgan fingerprint density at radius 2 is 2.24 bits per heavy atom. The summed E-state index contributed by atoms with van der Waals surface area (Å²) in [5.41, 5.74) is 6.82. The summed E-state index contributed by atoms with van der Waals surface area (Å²) in [6.45, 7) is -0.377. The molecule has 21 heavy (non-hydrogen) atoms. The Morgan fingerprint density at radius 1 is 1.57 bits per heavy atom. The predicted octanol–water partition coefficient (Wildman–Crippen LogP) is 1.76. The quantitative estimate of drug-likeness (QED) is 0.447. The van der Waals surface area contributed by atoms with Gasteiger partial charge < -0.3 is 10.5 Å². The van der Waals surface area contributed by atoms with E-state index in [2.05, 4.69) is 0 Å². The molecule has 0 radical (unpaired) electrons. The minimum Gasteiger partial charge on any atom is -0.456 e. The molecule has 1 amide bonds. The van der Waals surface area contributed by atoms with E-state index in [-0.39, 0.29) is 23.6 Å². The van der Waals surface area contributed by atoms with Gasteiger partial charge >= 0.3 is 5.97 Å². The molecule has 0 aromatic carbocycles. The minimum absolute atomic E-state index is 0.224. The van der Waals surface area contributed by atoms with Gasteiger partial charge in [0, 0.05) is 11.5 Å². The summed E-state index contributed by atoms with van der Waals surface area (Å²) in [7, 11) is 0. The van der Waals surface area contributed by atoms with Crippen LogP contribution in [0.4, 0.5) is 0 Å². The average molecular weight is 392 g/mol. The molecule has 0 aromatic rings. The standard InChI is InChI=1S/C11H13Cl3N2O3S2/c1-20-2-5-3-21-9-6(15)8(17)16(9)7(5)10(18)19-4-11(12,13)14/h6,9H,2-4,15H2,1H3/t6?,9-/m1/s1. The molecule has 1 fully saturated rings. The van der Waals surface area contributed by atoms with E-state index in [0.29, 0.717) is 11.5 Å². The fourth-order valence-electron chi connectivity index (χ4n) is 2.07. The number of thioether (sulfide) groups is 2. The lowest BCUT2D eigenvalue weighted by atomic mass is 10.0. The van der Waals surface area contributed by atoms with Gasteiger partial charge in [-0.05, 0) is 11.8 Å². The second-order valence-corrected chi connectivity index (χ2v) is 9.00. The Labute approximate surface area is 145 Å². The van der Waals surface area contributed by atoms with Gasteiger partial charge in [0.1, 0.15) is 23.7 Å². The van der Waals surface area contributed by atoms with Crippen LogP contribution in [0.15, 0.2) is 11.3 Å². The second kappa shape index (κ2) is 6.76. The molecule has 2 aliphatic heterocycles. The molecule has 0 bridgehead atoms. The number of rotatable bonds is 4. The first kappa shape index (κ1) is 17.6. The van der Waals surface area contributed by atoms with Crippen molar-refractivity contribution in [3.05, 3.63) is 11.3 Å². The maximum atomic E-state index is 12.3. The highest BCUT2D eigenvalue weighted by Crippen LogP contribution is 2.40. The van der Waals surface area contributed by atoms with Crippen molar-refractivity contribution < 1.29 is 14.3 Å². The van der Waals surface area contributed by atoms with E-state index in [1.54, 1.807) is 23.5 Å². The Morgan fingerprint density at radius 3 is 2.81 bits per heavy atom. The van der Waals surface area contributed by atoms with E-state index < -0.39 is 15.8 Å². The molecule has 10 heteroatoms. The lowest BCUT2D eigenvalue weighted by molar-refractivity contribution is -0.150. The number of carbonyl (C=O) groups excluding carboxylic acids is 2. The minimum atomic E-state index is -1.69. The number of carbonyl (C=O) groups is 2. The summed E-state index contributed by atoms with van der Waals surface area (Å²) in [5.74, 6) is 0.306. The van der Waals surface area contributed by atoms with Gasteiger partial charge in [-0.3, -0.25) is 9.69 Å². The zero-order chi connectivity index (χ0) is 15.8. The first-order valence-corrected chi connectivity index (χ1v) is 9.49. The first-order chi connectivity index (χ1) is 9.76. The number of alkyl halides is 3. The van der Waals surface area contributed by atoms with Crippen LogP contribution < -0.4 is 5.73 Å². The van der Waals surface area contributed by atoms with E-state index >= 15 is 0 Å². The number of hydrogen-bond donors (Lipinski definition) is 1. The van der Waals surface area contributed by atoms with Crippen molar-refractivity contribution in [1.29, 1.82) is 0 Å². The SMILES string of the molecule is CSCC1=C(C(=O)OCC(Cl)(Cl)Cl)N2C(=O)C(N)[C@H]2SC1. The summed E-state index contributed by atoms with van der Waals surface area (Å²) in [4.78, 5) is 25.6. The van der Waals surface area contributed by atoms with Crippen LogP contribution in [-0.4, -0.2) is 56.4 Å². The van der Waals surface area contributed by atoms with Crippen LogP contribution in [-0.2, 0) is 14.3 Å². The Kier molecular flexibility index (Phi) is 5.66. The molecule has 1 saturated heterocycles. The van der Waals surface area contributed by atoms with Crippen LogP contribution in [0, 0.1) is 0 Å². The van der Waals surface area contributed by atoms with Crippen molar-refractivity contribution in [2.45, 2.75) is 15.2 Å². The molecular weight excluding hydrogens is 379 g/mol. The first-order valence-electron chi connectivity index (χ1n) is 5.91. The Balaban J connectivity index is 2.21. The van der Waals surface area contributed by atoms with Gasteiger partial charge in [0.15, 0.2) is 0 Å². The summed E-state index contributed by atoms with van der Waals surface area (Å²) >= 11 is 19.8. The van der Waals surface area contributed by atoms with Crippen LogP contribution in [0.25, 0.3) is 0 Å². The van der Waals surface area contributed by atoms with E-state index in [1.807, 2.05) is 6.26 Å². The van der Waals surface area contributed by atoms with Crippen molar-refractivity contribution in [3.63, 3.8) is 0 Å². The number of nitrogens with two attached hydrogens (primary N) is 1. The van der Waals surface area contributed by atoms with Gasteiger partial charge in [-0.1, -0.05) is 34.8 Å². The molecule has 2 atom stereocenters. The number of ether oxygens (including phenoxy) is 1. The van der Waals surface area contributed by atoms with E-state index in [1.165, 1.54) is 4.90 Å². The van der Waals surface area contributed by atoms with Crippen molar-refractivity contribution >= 4 is 70.2 Å². The van der Waals surface area contributed by atoms with Crippen LogP contribution in [0.5, 0.6) is 0 Å². The number of hydrogen-bond acceptors (Lipinski definition) is 6. The lowest BCUT2D eigenvalue weighted by Crippen LogP contribution is -2.68. The average Bonchev–Trinajstić information content (AvgIpc) is 2.43. The van der Waals surface area contributed by atoms with E-state index in [9.17, 15) is 9.59 Å². The van der Waals surface area contributed by atoms with Gasteiger partial charge in [0.05, 0.1) is 0 Å². The van der Waals surface area contributed by atoms with Crippen LogP contribution >= 0.6 is 58.3 Å². The molecule has 2 heterocycles. The molecule has 0 aliphatic carbocycles. The van der Waals surface area contributed by atoms with Gasteiger partial charge in [-0.25, -0.2) is 4.79 Å². The van der Waals surface area contributed by atoms with Crippen molar-refractivity contribution in [3.8, 4) is 0 Å². The molecule has 5 nitrogen and oxygen atoms in total. The Hall–Kier alpha value is 0.210. The lowest BCUT2D eigenvalue weighted by Gasteiger charge is -2.48. The maximum Gasteiger partial charge on any atom is 0.355 e. The van der Waals surface area contributed by atoms with E-state index in [4.69, 9.17) is 45.3 Å². The van der Waals surface area contributed by atoms with Crippen molar-refractivity contribution in [1.82, 2.24) is 4.90 Å². The second-order valence-electron chi connectivity index (χ2n) is 4.51. The highest BCUT2D eigenvalue weighted by Gasteiger charge is 2.52. The van der Waals surface area contributed by atoms with Gasteiger partial charge in [0.25, 0.3) is 0 Å². The summed E-state index contributed by atoms with van der Waals surface area (Å²) in [6.07, 6.45) is 1.91. The number of halogens is 3. The molecular formula is C11H13Cl3N2O3S2. The summed E-state index contributed by atoms with van der Waals surface area (Å²) in [6, 6.07) is -0.582. The molecule has 2 N–H and O–H groups in total. The number of nitrogens with zero attached hydrogens (tertiary/aromatic N) is 1. The molecule has 2 aliphatic rings. The van der Waals surface area contributed by atoms with Crippen LogP contribution in [0.2, 0.25) is 0 Å². The summed E-state index contributed by atoms with van der Waals surface area (Å²) in [5, 5.41) is -0.224. The third kappa shape index (κ3) is 3.76. The molecule has 0 spiro atoms. The zero-order valence-corrected chi connectivity index (χ0v) is 14.9. The third-order valence-corrected chi connectivity index (χ3v) is 5.29. The highest BCUT2D eigenvalue weighted by molar-refractivity contribution is 8.00. The number of fused-ring (bicyclic) bond motifs is 1. The van der Waals surface area contributed by atoms with Crippen molar-refractivity contribution in [2.75, 3.05) is 24.4 Å². The van der Waals surface area contributed by atoms with Crippen LogP contribution in [0.3, 0.4) is 0 Å². The largest absolute Gasteiger partial charge is 0.456 e. The zero-order valence-electron chi connectivity index (χ0n) is 11.0. The van der Waals surface area contributed by atoms with Gasteiger partial charge in [0.2, 0.25) is 9.70 Å². The van der Waals surface area contributed by atoms with Crippen LogP contribution in [0.1, 0.15) is 0 Å². The third-order valence-electron chi connectivity index (χ3n) is 2.97. The maximum absolute atomic E-state index is 12.3. The Bertz CT molecular complexity index is 496. The molecule has 0 saturated carbocycles. The summed E-state index contributed by atoms with van der Waals surface area (Å²) < 4.78 is 3.33. The normalized spacial score (nSPS) is 25.6. The highest BCUT2D eigenvalue weighted by atomic mass is 35.6. The van der Waals surface area contributed by atoms with Crippen molar-refractivity contribution in [2.24, 2.45) is 5.73 Å². The number of amides is 1. The van der Waals surface area contributed by atoms with Gasteiger partial charge in [-0.15, -0.1) is 11.8 Å².